The molecule has 4 aliphatic rings. The molecule has 5 nitrogen and oxygen atoms in total. The number of methoxy groups -OCH3 is 1. The molecule has 0 spiro atoms. The molecule has 1 aliphatic heterocycles. The van der Waals surface area contributed by atoms with Crippen molar-refractivity contribution in [3.63, 3.8) is 0 Å². The Hall–Kier alpha value is -2.43. The van der Waals surface area contributed by atoms with E-state index in [1.54, 1.807) is 12.1 Å². The molecule has 3 aliphatic carbocycles. The fourth-order valence-corrected chi connectivity index (χ4v) is 3.85. The van der Waals surface area contributed by atoms with E-state index >= 15 is 0 Å². The first-order valence-electron chi connectivity index (χ1n) is 6.78. The van der Waals surface area contributed by atoms with Gasteiger partial charge in [-0.3, -0.25) is 9.59 Å². The third kappa shape index (κ3) is 1.43. The predicted octanol–water partition coefficient (Wildman–Crippen LogP) is 1.54. The summed E-state index contributed by atoms with van der Waals surface area (Å²) >= 11 is 0. The number of ether oxygens (including phenoxy) is 2. The van der Waals surface area contributed by atoms with Crippen molar-refractivity contribution >= 4 is 17.9 Å². The maximum absolute atomic E-state index is 12.0. The third-order valence-corrected chi connectivity index (χ3v) is 4.67. The van der Waals surface area contributed by atoms with Gasteiger partial charge in [0.25, 0.3) is 0 Å². The van der Waals surface area contributed by atoms with E-state index in [0.717, 1.165) is 11.1 Å². The number of cyclic esters (lactones) is 2. The smallest absolute Gasteiger partial charge is 0.338 e. The zero-order chi connectivity index (χ0) is 14.7. The summed E-state index contributed by atoms with van der Waals surface area (Å²) in [5.41, 5.74) is 2.17. The van der Waals surface area contributed by atoms with E-state index in [1.807, 2.05) is 18.2 Å². The van der Waals surface area contributed by atoms with Crippen LogP contribution in [0.4, 0.5) is 0 Å². The van der Waals surface area contributed by atoms with Gasteiger partial charge in [-0.25, -0.2) is 4.79 Å². The van der Waals surface area contributed by atoms with Crippen LogP contribution in [-0.4, -0.2) is 25.0 Å². The lowest BCUT2D eigenvalue weighted by Gasteiger charge is -2.40. The highest BCUT2D eigenvalue weighted by Gasteiger charge is 2.57. The molecule has 5 heteroatoms. The Bertz CT molecular complexity index is 717. The number of hydrogen-bond acceptors (Lipinski definition) is 5. The lowest BCUT2D eigenvalue weighted by atomic mass is 9.60. The molecule has 0 radical (unpaired) electrons. The summed E-state index contributed by atoms with van der Waals surface area (Å²) < 4.78 is 9.64. The van der Waals surface area contributed by atoms with Crippen LogP contribution >= 0.6 is 0 Å². The van der Waals surface area contributed by atoms with E-state index in [0.29, 0.717) is 5.56 Å². The number of allylic oxidation sites excluding steroid dienone is 2. The van der Waals surface area contributed by atoms with E-state index in [1.165, 1.54) is 7.11 Å². The van der Waals surface area contributed by atoms with Gasteiger partial charge in [-0.15, -0.1) is 0 Å². The topological polar surface area (TPSA) is 69.7 Å². The first kappa shape index (κ1) is 12.3. The molecule has 4 unspecified atom stereocenters. The summed E-state index contributed by atoms with van der Waals surface area (Å²) in [6.07, 6.45) is 3.84. The number of esters is 3. The van der Waals surface area contributed by atoms with E-state index in [2.05, 4.69) is 0 Å². The van der Waals surface area contributed by atoms with Gasteiger partial charge in [0.2, 0.25) is 0 Å². The zero-order valence-electron chi connectivity index (χ0n) is 11.2. The lowest BCUT2D eigenvalue weighted by molar-refractivity contribution is -0.153. The first-order valence-corrected chi connectivity index (χ1v) is 6.78. The molecule has 1 aromatic rings. The highest BCUT2D eigenvalue weighted by Crippen LogP contribution is 2.55. The van der Waals surface area contributed by atoms with Crippen molar-refractivity contribution in [3.8, 4) is 0 Å². The summed E-state index contributed by atoms with van der Waals surface area (Å²) in [4.78, 5) is 35.9. The second-order valence-corrected chi connectivity index (χ2v) is 5.53. The van der Waals surface area contributed by atoms with Crippen LogP contribution in [0, 0.1) is 11.8 Å². The van der Waals surface area contributed by atoms with Crippen LogP contribution in [0.2, 0.25) is 0 Å². The molecule has 0 N–H and O–H groups in total. The number of carbonyl (C=O) groups excluding carboxylic acids is 3. The minimum Gasteiger partial charge on any atom is -0.465 e. The molecular formula is C16H12O5. The van der Waals surface area contributed by atoms with Crippen molar-refractivity contribution in [1.82, 2.24) is 0 Å². The number of rotatable bonds is 1. The lowest BCUT2D eigenvalue weighted by Crippen LogP contribution is -2.38. The van der Waals surface area contributed by atoms with Gasteiger partial charge in [0.15, 0.2) is 0 Å². The normalized spacial score (nSPS) is 31.7. The van der Waals surface area contributed by atoms with Crippen molar-refractivity contribution in [1.29, 1.82) is 0 Å². The quantitative estimate of drug-likeness (QED) is 0.444. The Labute approximate surface area is 120 Å². The summed E-state index contributed by atoms with van der Waals surface area (Å²) in [7, 11) is 1.33. The maximum Gasteiger partial charge on any atom is 0.338 e. The predicted molar refractivity (Wildman–Crippen MR) is 70.5 cm³/mol. The van der Waals surface area contributed by atoms with Crippen molar-refractivity contribution < 1.29 is 23.9 Å². The Balaban J connectivity index is 1.95. The van der Waals surface area contributed by atoms with E-state index < -0.39 is 29.7 Å². The minimum absolute atomic E-state index is 0.210. The molecule has 0 aromatic heterocycles. The fourth-order valence-electron chi connectivity index (χ4n) is 3.85. The number of hydrogen-bond donors (Lipinski definition) is 0. The third-order valence-electron chi connectivity index (χ3n) is 4.67. The van der Waals surface area contributed by atoms with Gasteiger partial charge < -0.3 is 9.47 Å². The zero-order valence-corrected chi connectivity index (χ0v) is 11.2. The van der Waals surface area contributed by atoms with Crippen LogP contribution in [0.1, 0.15) is 33.3 Å². The SMILES string of the molecule is COC(=O)c1cccc2c1C1C=CC2C2C(=O)OC(=O)C12. The highest BCUT2D eigenvalue weighted by atomic mass is 16.6. The van der Waals surface area contributed by atoms with Crippen LogP contribution in [-0.2, 0) is 19.1 Å². The van der Waals surface area contributed by atoms with Crippen LogP contribution in [0.25, 0.3) is 0 Å². The molecule has 5 rings (SSSR count). The second-order valence-electron chi connectivity index (χ2n) is 5.53. The molecule has 1 saturated heterocycles. The van der Waals surface area contributed by atoms with Crippen LogP contribution < -0.4 is 0 Å². The van der Waals surface area contributed by atoms with Crippen molar-refractivity contribution in [2.45, 2.75) is 11.8 Å². The maximum atomic E-state index is 12.0. The van der Waals surface area contributed by atoms with E-state index in [4.69, 9.17) is 9.47 Å². The van der Waals surface area contributed by atoms with Gasteiger partial charge in [0.05, 0.1) is 24.5 Å². The van der Waals surface area contributed by atoms with E-state index in [-0.39, 0.29) is 11.8 Å². The average Bonchev–Trinajstić information content (AvgIpc) is 2.83. The Morgan fingerprint density at radius 3 is 2.48 bits per heavy atom. The molecule has 2 bridgehead atoms. The molecule has 1 aromatic carbocycles. The molecule has 106 valence electrons. The summed E-state index contributed by atoms with van der Waals surface area (Å²) in [6, 6.07) is 5.36. The standard InChI is InChI=1S/C16H12O5/c1-20-14(17)10-4-2-3-7-8-5-6-9(11(7)10)13-12(8)15(18)21-16(13)19/h2-6,8-9,12-13H,1H3. The van der Waals surface area contributed by atoms with Gasteiger partial charge in [-0.2, -0.15) is 0 Å². The summed E-state index contributed by atoms with van der Waals surface area (Å²) in [5.74, 6) is -2.88. The number of carbonyl (C=O) groups is 3. The Morgan fingerprint density at radius 2 is 1.76 bits per heavy atom. The minimum atomic E-state index is -0.522. The van der Waals surface area contributed by atoms with Crippen molar-refractivity contribution in [2.75, 3.05) is 7.11 Å². The molecule has 1 fully saturated rings. The second kappa shape index (κ2) is 4.04. The Kier molecular flexibility index (Phi) is 2.37. The molecule has 21 heavy (non-hydrogen) atoms. The Morgan fingerprint density at radius 1 is 1.10 bits per heavy atom. The average molecular weight is 284 g/mol. The summed E-state index contributed by atoms with van der Waals surface area (Å²) in [6.45, 7) is 0. The molecule has 0 amide bonds. The number of benzene rings is 1. The molecule has 4 atom stereocenters. The molecular weight excluding hydrogens is 272 g/mol. The van der Waals surface area contributed by atoms with Crippen molar-refractivity contribution in [3.05, 3.63) is 47.0 Å². The van der Waals surface area contributed by atoms with Crippen LogP contribution in [0.5, 0.6) is 0 Å². The fraction of sp³-hybridized carbons (Fsp3) is 0.312. The molecule has 1 heterocycles. The highest BCUT2D eigenvalue weighted by molar-refractivity contribution is 6.00. The first-order chi connectivity index (χ1) is 10.1. The van der Waals surface area contributed by atoms with Crippen LogP contribution in [0.3, 0.4) is 0 Å². The van der Waals surface area contributed by atoms with Crippen molar-refractivity contribution in [2.24, 2.45) is 11.8 Å². The van der Waals surface area contributed by atoms with E-state index in [9.17, 15) is 14.4 Å². The van der Waals surface area contributed by atoms with Crippen LogP contribution in [0.15, 0.2) is 30.4 Å². The van der Waals surface area contributed by atoms with Gasteiger partial charge in [0.1, 0.15) is 0 Å². The van der Waals surface area contributed by atoms with Gasteiger partial charge >= 0.3 is 17.9 Å². The summed E-state index contributed by atoms with van der Waals surface area (Å²) in [5, 5.41) is 0. The largest absolute Gasteiger partial charge is 0.465 e. The van der Waals surface area contributed by atoms with Gasteiger partial charge in [0, 0.05) is 11.8 Å². The molecule has 0 saturated carbocycles. The van der Waals surface area contributed by atoms with Gasteiger partial charge in [-0.1, -0.05) is 24.3 Å². The monoisotopic (exact) mass is 284 g/mol. The van der Waals surface area contributed by atoms with Gasteiger partial charge in [-0.05, 0) is 17.2 Å².